The first-order valence-corrected chi connectivity index (χ1v) is 10.7. The number of aliphatic hydroxyl groups excluding tert-OH is 1. The Morgan fingerprint density at radius 3 is 2.58 bits per heavy atom. The van der Waals surface area contributed by atoms with E-state index in [0.717, 1.165) is 12.8 Å². The second kappa shape index (κ2) is 7.70. The van der Waals surface area contributed by atoms with Crippen molar-refractivity contribution in [2.75, 3.05) is 30.9 Å². The molecule has 0 bridgehead atoms. The van der Waals surface area contributed by atoms with Gasteiger partial charge in [0.2, 0.25) is 11.8 Å². The van der Waals surface area contributed by atoms with Crippen LogP contribution in [-0.4, -0.2) is 56.6 Å². The van der Waals surface area contributed by atoms with E-state index in [-0.39, 0.29) is 18.4 Å². The van der Waals surface area contributed by atoms with Crippen LogP contribution in [0.4, 0.5) is 5.88 Å². The predicted octanol–water partition coefficient (Wildman–Crippen LogP) is 1.80. The number of amides is 1. The summed E-state index contributed by atoms with van der Waals surface area (Å²) in [5.74, 6) is 4.30. The number of carbonyl (C=O) groups excluding carboxylic acids is 1. The van der Waals surface area contributed by atoms with Gasteiger partial charge in [0.15, 0.2) is 0 Å². The van der Waals surface area contributed by atoms with Gasteiger partial charge >= 0.3 is 0 Å². The molecule has 1 aliphatic rings. The van der Waals surface area contributed by atoms with Crippen LogP contribution >= 0.6 is 0 Å². The second-order valence-electron chi connectivity index (χ2n) is 8.12. The van der Waals surface area contributed by atoms with E-state index in [4.69, 9.17) is 9.26 Å². The van der Waals surface area contributed by atoms with Crippen LogP contribution in [0.2, 0.25) is 0 Å². The molecule has 0 aromatic carbocycles. The SMILES string of the molecule is C=S(=O)(CC1CCOCC1)C(C)(C)C(=O)Nc1cc(C(C)(C)CO)no1. The largest absolute Gasteiger partial charge is 0.395 e. The molecule has 0 spiro atoms. The maximum atomic E-state index is 13.2. The van der Waals surface area contributed by atoms with Crippen LogP contribution in [0.15, 0.2) is 10.6 Å². The Kier molecular flexibility index (Phi) is 6.20. The number of rotatable bonds is 7. The Morgan fingerprint density at radius 1 is 1.38 bits per heavy atom. The maximum Gasteiger partial charge on any atom is 0.244 e. The highest BCUT2D eigenvalue weighted by molar-refractivity contribution is 8.02. The number of nitrogens with one attached hydrogen (secondary N) is 1. The van der Waals surface area contributed by atoms with E-state index in [2.05, 4.69) is 16.3 Å². The van der Waals surface area contributed by atoms with Gasteiger partial charge in [0, 0.05) is 30.4 Å². The van der Waals surface area contributed by atoms with E-state index in [0.29, 0.717) is 24.7 Å². The van der Waals surface area contributed by atoms with Crippen molar-refractivity contribution in [2.45, 2.75) is 50.7 Å². The number of hydrogen-bond donors (Lipinski definition) is 2. The lowest BCUT2D eigenvalue weighted by Crippen LogP contribution is -2.47. The molecule has 1 aromatic rings. The van der Waals surface area contributed by atoms with E-state index in [9.17, 15) is 14.1 Å². The summed E-state index contributed by atoms with van der Waals surface area (Å²) >= 11 is 0. The highest BCUT2D eigenvalue weighted by Crippen LogP contribution is 2.28. The zero-order chi connectivity index (χ0) is 19.6. The lowest BCUT2D eigenvalue weighted by molar-refractivity contribution is -0.117. The van der Waals surface area contributed by atoms with E-state index in [1.54, 1.807) is 19.9 Å². The lowest BCUT2D eigenvalue weighted by atomic mass is 9.91. The van der Waals surface area contributed by atoms with Gasteiger partial charge in [-0.05, 0) is 48.0 Å². The molecule has 1 aromatic heterocycles. The first-order valence-electron chi connectivity index (χ1n) is 8.81. The summed E-state index contributed by atoms with van der Waals surface area (Å²) in [7, 11) is -2.67. The van der Waals surface area contributed by atoms with Crippen LogP contribution in [0, 0.1) is 5.92 Å². The molecule has 2 N–H and O–H groups in total. The van der Waals surface area contributed by atoms with Gasteiger partial charge in [0.25, 0.3) is 0 Å². The Bertz CT molecular complexity index is 731. The second-order valence-corrected chi connectivity index (χ2v) is 11.1. The first kappa shape index (κ1) is 20.9. The van der Waals surface area contributed by atoms with Crippen LogP contribution in [0.3, 0.4) is 0 Å². The van der Waals surface area contributed by atoms with Gasteiger partial charge in [0.1, 0.15) is 4.75 Å². The zero-order valence-electron chi connectivity index (χ0n) is 16.0. The van der Waals surface area contributed by atoms with Crippen molar-refractivity contribution in [3.05, 3.63) is 11.8 Å². The van der Waals surface area contributed by atoms with E-state index in [1.165, 1.54) is 0 Å². The molecule has 8 heteroatoms. The lowest BCUT2D eigenvalue weighted by Gasteiger charge is -2.31. The molecule has 26 heavy (non-hydrogen) atoms. The standard InChI is InChI=1S/C18H30N2O5S/c1-17(2,12-21)14-10-15(25-20-14)19-16(22)18(3,4)26(5,23)11-13-6-8-24-9-7-13/h10,13,21H,5-9,11-12H2,1-4H3,(H,19,22). The molecule has 148 valence electrons. The Hall–Kier alpha value is -1.38. The fraction of sp³-hybridized carbons (Fsp3) is 0.722. The van der Waals surface area contributed by atoms with Crippen LogP contribution in [-0.2, 0) is 24.5 Å². The molecule has 1 amide bonds. The van der Waals surface area contributed by atoms with Crippen molar-refractivity contribution in [3.8, 4) is 0 Å². The third-order valence-electron chi connectivity index (χ3n) is 5.16. The van der Waals surface area contributed by atoms with Gasteiger partial charge in [-0.15, -0.1) is 0 Å². The molecule has 1 aliphatic heterocycles. The Morgan fingerprint density at radius 2 is 2.00 bits per heavy atom. The summed E-state index contributed by atoms with van der Waals surface area (Å²) in [5.41, 5.74) is -0.0454. The van der Waals surface area contributed by atoms with Gasteiger partial charge < -0.3 is 14.4 Å². The molecule has 7 nitrogen and oxygen atoms in total. The van der Waals surface area contributed by atoms with E-state index < -0.39 is 25.6 Å². The number of carbonyl (C=O) groups is 1. The van der Waals surface area contributed by atoms with Gasteiger partial charge in [0.05, 0.1) is 12.3 Å². The van der Waals surface area contributed by atoms with E-state index >= 15 is 0 Å². The van der Waals surface area contributed by atoms with Crippen LogP contribution in [0.5, 0.6) is 0 Å². The minimum absolute atomic E-state index is 0.101. The highest BCUT2D eigenvalue weighted by atomic mass is 32.2. The average molecular weight is 387 g/mol. The number of aromatic nitrogens is 1. The summed E-state index contributed by atoms with van der Waals surface area (Å²) in [4.78, 5) is 12.8. The Balaban J connectivity index is 2.09. The summed E-state index contributed by atoms with van der Waals surface area (Å²) in [6, 6.07) is 1.58. The number of anilines is 1. The third-order valence-corrected chi connectivity index (χ3v) is 8.21. The summed E-state index contributed by atoms with van der Waals surface area (Å²) in [6.07, 6.45) is 1.68. The van der Waals surface area contributed by atoms with Crippen molar-refractivity contribution in [1.82, 2.24) is 5.16 Å². The molecule has 1 atom stereocenters. The fourth-order valence-electron chi connectivity index (χ4n) is 2.67. The molecule has 0 radical (unpaired) electrons. The van der Waals surface area contributed by atoms with Crippen molar-refractivity contribution in [3.63, 3.8) is 0 Å². The van der Waals surface area contributed by atoms with Crippen LogP contribution in [0.25, 0.3) is 0 Å². The molecule has 1 saturated heterocycles. The fourth-order valence-corrected chi connectivity index (χ4v) is 4.57. The first-order chi connectivity index (χ1) is 12.0. The summed E-state index contributed by atoms with van der Waals surface area (Å²) in [6.45, 7) is 8.14. The number of ether oxygens (including phenoxy) is 1. The molecular formula is C18H30N2O5S. The molecule has 2 heterocycles. The number of aliphatic hydroxyl groups is 1. The number of hydrogen-bond acceptors (Lipinski definition) is 6. The zero-order valence-corrected chi connectivity index (χ0v) is 16.9. The van der Waals surface area contributed by atoms with Gasteiger partial charge in [-0.1, -0.05) is 19.0 Å². The van der Waals surface area contributed by atoms with Crippen molar-refractivity contribution >= 4 is 27.2 Å². The Labute approximate surface area is 155 Å². The molecule has 2 rings (SSSR count). The molecular weight excluding hydrogens is 356 g/mol. The average Bonchev–Trinajstić information content (AvgIpc) is 3.04. The molecule has 0 aliphatic carbocycles. The number of nitrogens with zero attached hydrogens (tertiary/aromatic N) is 1. The van der Waals surface area contributed by atoms with Crippen molar-refractivity contribution in [1.29, 1.82) is 0 Å². The highest BCUT2D eigenvalue weighted by Gasteiger charge is 2.39. The van der Waals surface area contributed by atoms with Gasteiger partial charge in [-0.3, -0.25) is 14.3 Å². The summed E-state index contributed by atoms with van der Waals surface area (Å²) in [5, 5.41) is 16.0. The maximum absolute atomic E-state index is 13.2. The quantitative estimate of drug-likeness (QED) is 0.693. The van der Waals surface area contributed by atoms with Crippen molar-refractivity contribution in [2.24, 2.45) is 5.92 Å². The predicted molar refractivity (Wildman–Crippen MR) is 103 cm³/mol. The monoisotopic (exact) mass is 386 g/mol. The van der Waals surface area contributed by atoms with Crippen LogP contribution in [0.1, 0.15) is 46.2 Å². The van der Waals surface area contributed by atoms with E-state index in [1.807, 2.05) is 13.8 Å². The molecule has 1 fully saturated rings. The van der Waals surface area contributed by atoms with Gasteiger partial charge in [-0.2, -0.15) is 0 Å². The van der Waals surface area contributed by atoms with Crippen LogP contribution < -0.4 is 5.32 Å². The van der Waals surface area contributed by atoms with Crippen molar-refractivity contribution < 1.29 is 23.4 Å². The normalized spacial score (nSPS) is 19.1. The molecule has 0 saturated carbocycles. The minimum Gasteiger partial charge on any atom is -0.395 e. The summed E-state index contributed by atoms with van der Waals surface area (Å²) < 4.78 is 22.6. The molecule has 1 unspecified atom stereocenters. The topological polar surface area (TPSA) is 102 Å². The van der Waals surface area contributed by atoms with Gasteiger partial charge in [-0.25, -0.2) is 0 Å². The minimum atomic E-state index is -2.67. The third kappa shape index (κ3) is 4.47. The smallest absolute Gasteiger partial charge is 0.244 e.